The van der Waals surface area contributed by atoms with Crippen molar-refractivity contribution in [1.82, 2.24) is 0 Å². The average molecular weight is 238 g/mol. The van der Waals surface area contributed by atoms with Gasteiger partial charge in [0.2, 0.25) is 0 Å². The van der Waals surface area contributed by atoms with Gasteiger partial charge in [0.15, 0.2) is 0 Å². The zero-order valence-corrected chi connectivity index (χ0v) is 10.1. The van der Waals surface area contributed by atoms with Crippen molar-refractivity contribution in [3.8, 4) is 0 Å². The van der Waals surface area contributed by atoms with Crippen LogP contribution in [0.2, 0.25) is 0 Å². The van der Waals surface area contributed by atoms with Gasteiger partial charge in [-0.25, -0.2) is 0 Å². The number of hydrogen-bond donors (Lipinski definition) is 2. The number of carboxylic acids is 1. The predicted octanol–water partition coefficient (Wildman–Crippen LogP) is 1.67. The van der Waals surface area contributed by atoms with Crippen LogP contribution in [0.15, 0.2) is 30.3 Å². The van der Waals surface area contributed by atoms with Crippen LogP contribution in [0.3, 0.4) is 0 Å². The highest BCUT2D eigenvalue weighted by molar-refractivity contribution is 5.70. The average Bonchev–Trinajstić information content (AvgIpc) is 2.29. The maximum Gasteiger partial charge on any atom is 0.309 e. The van der Waals surface area contributed by atoms with E-state index in [0.717, 1.165) is 5.56 Å². The normalized spacial score (nSPS) is 16.2. The number of carbonyl (C=O) groups is 1. The van der Waals surface area contributed by atoms with Gasteiger partial charge < -0.3 is 14.9 Å². The van der Waals surface area contributed by atoms with Crippen molar-refractivity contribution in [2.45, 2.75) is 26.1 Å². The molecule has 1 aromatic rings. The number of aliphatic hydroxyl groups is 1. The van der Waals surface area contributed by atoms with Crippen molar-refractivity contribution in [3.05, 3.63) is 35.9 Å². The fraction of sp³-hybridized carbons (Fsp3) is 0.462. The van der Waals surface area contributed by atoms with Gasteiger partial charge in [0.1, 0.15) is 0 Å². The first-order valence-corrected chi connectivity index (χ1v) is 5.50. The first-order valence-electron chi connectivity index (χ1n) is 5.50. The summed E-state index contributed by atoms with van der Waals surface area (Å²) in [5.74, 6) is -1.89. The van der Waals surface area contributed by atoms with E-state index in [0.29, 0.717) is 6.61 Å². The molecule has 2 unspecified atom stereocenters. The molecule has 0 aliphatic heterocycles. The summed E-state index contributed by atoms with van der Waals surface area (Å²) in [6.45, 7) is 3.30. The van der Waals surface area contributed by atoms with Crippen LogP contribution in [0.1, 0.15) is 19.4 Å². The lowest BCUT2D eigenvalue weighted by Gasteiger charge is -2.27. The van der Waals surface area contributed by atoms with Crippen LogP contribution in [0.5, 0.6) is 0 Å². The number of carboxylic acid groups (broad SMARTS) is 1. The van der Waals surface area contributed by atoms with Gasteiger partial charge in [0.25, 0.3) is 0 Å². The molecule has 1 aromatic carbocycles. The van der Waals surface area contributed by atoms with Crippen molar-refractivity contribution in [1.29, 1.82) is 0 Å². The minimum atomic E-state index is -1.36. The van der Waals surface area contributed by atoms with Gasteiger partial charge in [-0.05, 0) is 19.4 Å². The molecule has 0 heterocycles. The molecule has 94 valence electrons. The highest BCUT2D eigenvalue weighted by Gasteiger charge is 2.33. The van der Waals surface area contributed by atoms with Gasteiger partial charge >= 0.3 is 5.97 Å². The summed E-state index contributed by atoms with van der Waals surface area (Å²) < 4.78 is 5.34. The smallest absolute Gasteiger partial charge is 0.309 e. The number of aliphatic carboxylic acids is 1. The van der Waals surface area contributed by atoms with Crippen LogP contribution in [-0.4, -0.2) is 28.4 Å². The number of rotatable bonds is 6. The Morgan fingerprint density at radius 2 is 2.00 bits per heavy atom. The molecular weight excluding hydrogens is 220 g/mol. The second kappa shape index (κ2) is 5.80. The molecule has 2 atom stereocenters. The molecule has 0 aromatic heterocycles. The van der Waals surface area contributed by atoms with Crippen molar-refractivity contribution < 1.29 is 19.7 Å². The number of ether oxygens (including phenoxy) is 1. The second-order valence-electron chi connectivity index (χ2n) is 4.40. The molecule has 0 bridgehead atoms. The van der Waals surface area contributed by atoms with Gasteiger partial charge in [-0.3, -0.25) is 4.79 Å². The molecule has 1 rings (SSSR count). The molecule has 0 amide bonds. The summed E-state index contributed by atoms with van der Waals surface area (Å²) in [6, 6.07) is 9.53. The number of benzene rings is 1. The van der Waals surface area contributed by atoms with Crippen LogP contribution in [0.25, 0.3) is 0 Å². The van der Waals surface area contributed by atoms with Crippen LogP contribution in [0, 0.1) is 5.92 Å². The first-order chi connectivity index (χ1) is 7.93. The van der Waals surface area contributed by atoms with Crippen molar-refractivity contribution >= 4 is 5.97 Å². The predicted molar refractivity (Wildman–Crippen MR) is 63.5 cm³/mol. The van der Waals surface area contributed by atoms with E-state index in [9.17, 15) is 9.90 Å². The lowest BCUT2D eigenvalue weighted by Crippen LogP contribution is -2.42. The molecule has 0 saturated carbocycles. The summed E-state index contributed by atoms with van der Waals surface area (Å²) in [5, 5.41) is 18.7. The first kappa shape index (κ1) is 13.7. The minimum absolute atomic E-state index is 0.00460. The molecule has 0 aliphatic rings. The summed E-state index contributed by atoms with van der Waals surface area (Å²) in [4.78, 5) is 10.8. The fourth-order valence-corrected chi connectivity index (χ4v) is 1.34. The molecule has 4 heteroatoms. The van der Waals surface area contributed by atoms with Gasteiger partial charge in [-0.2, -0.15) is 0 Å². The quantitative estimate of drug-likeness (QED) is 0.791. The monoisotopic (exact) mass is 238 g/mol. The van der Waals surface area contributed by atoms with E-state index in [1.807, 2.05) is 30.3 Å². The molecule has 0 aliphatic carbocycles. The molecule has 0 saturated heterocycles. The van der Waals surface area contributed by atoms with E-state index in [2.05, 4.69) is 0 Å². The maximum absolute atomic E-state index is 10.8. The summed E-state index contributed by atoms with van der Waals surface area (Å²) in [6.07, 6.45) is 0. The van der Waals surface area contributed by atoms with Gasteiger partial charge in [0.05, 0.1) is 24.7 Å². The Hall–Kier alpha value is -1.39. The summed E-state index contributed by atoms with van der Waals surface area (Å²) in [5.41, 5.74) is -0.369. The molecule has 2 N–H and O–H groups in total. The van der Waals surface area contributed by atoms with Crippen LogP contribution in [-0.2, 0) is 16.1 Å². The number of hydrogen-bond acceptors (Lipinski definition) is 3. The summed E-state index contributed by atoms with van der Waals surface area (Å²) in [7, 11) is 0. The third kappa shape index (κ3) is 4.17. The van der Waals surface area contributed by atoms with E-state index in [1.165, 1.54) is 13.8 Å². The Balaban J connectivity index is 2.43. The van der Waals surface area contributed by atoms with Gasteiger partial charge in [-0.15, -0.1) is 0 Å². The van der Waals surface area contributed by atoms with Crippen LogP contribution < -0.4 is 0 Å². The Kier molecular flexibility index (Phi) is 4.66. The van der Waals surface area contributed by atoms with Gasteiger partial charge in [-0.1, -0.05) is 30.3 Å². The fourth-order valence-electron chi connectivity index (χ4n) is 1.34. The Morgan fingerprint density at radius 1 is 1.41 bits per heavy atom. The van der Waals surface area contributed by atoms with Gasteiger partial charge in [0, 0.05) is 0 Å². The van der Waals surface area contributed by atoms with Crippen LogP contribution >= 0.6 is 0 Å². The molecule has 17 heavy (non-hydrogen) atoms. The third-order valence-electron chi connectivity index (χ3n) is 2.81. The molecular formula is C13H18O4. The lowest BCUT2D eigenvalue weighted by atomic mass is 9.92. The standard InChI is InChI=1S/C13H18O4/c1-10(12(14)15)13(2,16)9-17-8-11-6-4-3-5-7-11/h3-7,10,16H,8-9H2,1-2H3,(H,14,15). The minimum Gasteiger partial charge on any atom is -0.481 e. The van der Waals surface area contributed by atoms with E-state index in [-0.39, 0.29) is 6.61 Å². The van der Waals surface area contributed by atoms with E-state index in [1.54, 1.807) is 0 Å². The van der Waals surface area contributed by atoms with Crippen molar-refractivity contribution in [2.24, 2.45) is 5.92 Å². The SMILES string of the molecule is CC(C(=O)O)C(C)(O)COCc1ccccc1. The van der Waals surface area contributed by atoms with Crippen molar-refractivity contribution in [3.63, 3.8) is 0 Å². The Morgan fingerprint density at radius 3 is 2.53 bits per heavy atom. The highest BCUT2D eigenvalue weighted by atomic mass is 16.5. The molecule has 0 fully saturated rings. The summed E-state index contributed by atoms with van der Waals surface area (Å²) >= 11 is 0. The molecule has 0 radical (unpaired) electrons. The van der Waals surface area contributed by atoms with E-state index in [4.69, 9.17) is 9.84 Å². The van der Waals surface area contributed by atoms with Crippen LogP contribution in [0.4, 0.5) is 0 Å². The van der Waals surface area contributed by atoms with E-state index >= 15 is 0 Å². The third-order valence-corrected chi connectivity index (χ3v) is 2.81. The maximum atomic E-state index is 10.8. The second-order valence-corrected chi connectivity index (χ2v) is 4.40. The lowest BCUT2D eigenvalue weighted by molar-refractivity contribution is -0.154. The van der Waals surface area contributed by atoms with E-state index < -0.39 is 17.5 Å². The van der Waals surface area contributed by atoms with Crippen molar-refractivity contribution in [2.75, 3.05) is 6.61 Å². The molecule has 0 spiro atoms. The largest absolute Gasteiger partial charge is 0.481 e. The Bertz CT molecular complexity index is 359. The highest BCUT2D eigenvalue weighted by Crippen LogP contribution is 2.18. The topological polar surface area (TPSA) is 66.8 Å². The molecule has 4 nitrogen and oxygen atoms in total. The zero-order chi connectivity index (χ0) is 12.9. The zero-order valence-electron chi connectivity index (χ0n) is 10.1. The Labute approximate surface area is 101 Å².